The van der Waals surface area contributed by atoms with E-state index >= 15 is 0 Å². The molecule has 1 unspecified atom stereocenters. The van der Waals surface area contributed by atoms with E-state index in [9.17, 15) is 9.59 Å². The van der Waals surface area contributed by atoms with Gasteiger partial charge in [0.25, 0.3) is 5.91 Å². The molecule has 2 N–H and O–H groups in total. The highest BCUT2D eigenvalue weighted by Crippen LogP contribution is 2.31. The van der Waals surface area contributed by atoms with Crippen LogP contribution in [-0.2, 0) is 4.79 Å². The van der Waals surface area contributed by atoms with Gasteiger partial charge in [-0.1, -0.05) is 19.8 Å². The molecule has 0 saturated heterocycles. The maximum absolute atomic E-state index is 11.9. The lowest BCUT2D eigenvalue weighted by atomic mass is 10.1. The van der Waals surface area contributed by atoms with Crippen molar-refractivity contribution in [1.29, 1.82) is 0 Å². The summed E-state index contributed by atoms with van der Waals surface area (Å²) in [5, 5.41) is 11.6. The SMILES string of the molecule is CCCCC(NC(=O)c1cc(Br)sc1Br)C(=O)O. The average molecular weight is 399 g/mol. The van der Waals surface area contributed by atoms with Crippen LogP contribution in [0.3, 0.4) is 0 Å². The normalized spacial score (nSPS) is 12.2. The van der Waals surface area contributed by atoms with Gasteiger partial charge in [-0.3, -0.25) is 4.79 Å². The summed E-state index contributed by atoms with van der Waals surface area (Å²) in [4.78, 5) is 23.0. The first-order valence-electron chi connectivity index (χ1n) is 5.44. The van der Waals surface area contributed by atoms with Gasteiger partial charge in [-0.15, -0.1) is 11.3 Å². The van der Waals surface area contributed by atoms with Crippen molar-refractivity contribution in [2.24, 2.45) is 0 Å². The van der Waals surface area contributed by atoms with E-state index in [0.717, 1.165) is 16.6 Å². The Morgan fingerprint density at radius 2 is 2.17 bits per heavy atom. The minimum absolute atomic E-state index is 0.368. The van der Waals surface area contributed by atoms with E-state index in [0.29, 0.717) is 15.8 Å². The van der Waals surface area contributed by atoms with Gasteiger partial charge in [0.1, 0.15) is 6.04 Å². The van der Waals surface area contributed by atoms with Gasteiger partial charge in [-0.2, -0.15) is 0 Å². The number of hydrogen-bond acceptors (Lipinski definition) is 3. The Morgan fingerprint density at radius 3 is 2.61 bits per heavy atom. The van der Waals surface area contributed by atoms with Crippen LogP contribution in [0, 0.1) is 0 Å². The van der Waals surface area contributed by atoms with Gasteiger partial charge >= 0.3 is 5.97 Å². The fourth-order valence-electron chi connectivity index (χ4n) is 1.40. The molecule has 1 amide bonds. The highest BCUT2D eigenvalue weighted by Gasteiger charge is 2.22. The second-order valence-electron chi connectivity index (χ2n) is 3.74. The maximum Gasteiger partial charge on any atom is 0.326 e. The van der Waals surface area contributed by atoms with Crippen LogP contribution in [-0.4, -0.2) is 23.0 Å². The van der Waals surface area contributed by atoms with Gasteiger partial charge < -0.3 is 10.4 Å². The Balaban J connectivity index is 2.72. The van der Waals surface area contributed by atoms with E-state index in [-0.39, 0.29) is 5.91 Å². The van der Waals surface area contributed by atoms with Crippen LogP contribution in [0.25, 0.3) is 0 Å². The summed E-state index contributed by atoms with van der Waals surface area (Å²) in [7, 11) is 0. The second-order valence-corrected chi connectivity index (χ2v) is 7.49. The summed E-state index contributed by atoms with van der Waals surface area (Å²) < 4.78 is 1.51. The fourth-order valence-corrected chi connectivity index (χ4v) is 4.19. The highest BCUT2D eigenvalue weighted by atomic mass is 79.9. The third kappa shape index (κ3) is 4.37. The molecule has 0 aliphatic carbocycles. The summed E-state index contributed by atoms with van der Waals surface area (Å²) in [5.41, 5.74) is 0.453. The van der Waals surface area contributed by atoms with E-state index in [4.69, 9.17) is 5.11 Å². The number of halogens is 2. The van der Waals surface area contributed by atoms with E-state index in [1.54, 1.807) is 6.07 Å². The number of rotatable bonds is 6. The van der Waals surface area contributed by atoms with Crippen LogP contribution in [0.5, 0.6) is 0 Å². The first kappa shape index (κ1) is 15.7. The average Bonchev–Trinajstić information content (AvgIpc) is 2.63. The standard InChI is InChI=1S/C11H13Br2NO3S/c1-2-3-4-7(11(16)17)14-10(15)6-5-8(12)18-9(6)13/h5,7H,2-4H2,1H3,(H,14,15)(H,16,17). The van der Waals surface area contributed by atoms with Crippen molar-refractivity contribution in [2.75, 3.05) is 0 Å². The molecule has 0 fully saturated rings. The summed E-state index contributed by atoms with van der Waals surface area (Å²) in [6.07, 6.45) is 2.11. The molecular formula is C11H13Br2NO3S. The molecule has 0 radical (unpaired) electrons. The zero-order valence-electron chi connectivity index (χ0n) is 9.70. The third-order valence-corrected chi connectivity index (χ3v) is 4.69. The lowest BCUT2D eigenvalue weighted by molar-refractivity contribution is -0.139. The maximum atomic E-state index is 11.9. The van der Waals surface area contributed by atoms with Gasteiger partial charge in [0.05, 0.1) is 13.1 Å². The number of amides is 1. The number of hydrogen-bond donors (Lipinski definition) is 2. The Labute approximate surface area is 126 Å². The van der Waals surface area contributed by atoms with Crippen molar-refractivity contribution in [3.05, 3.63) is 19.2 Å². The van der Waals surface area contributed by atoms with E-state index in [1.165, 1.54) is 11.3 Å². The van der Waals surface area contributed by atoms with Gasteiger partial charge in [-0.05, 0) is 44.3 Å². The van der Waals surface area contributed by atoms with Gasteiger partial charge in [-0.25, -0.2) is 4.79 Å². The summed E-state index contributed by atoms with van der Waals surface area (Å²) in [6.45, 7) is 1.98. The molecule has 1 heterocycles. The predicted molar refractivity (Wildman–Crippen MR) is 78.1 cm³/mol. The predicted octanol–water partition coefficient (Wildman–Crippen LogP) is 3.65. The fraction of sp³-hybridized carbons (Fsp3) is 0.455. The number of carbonyl (C=O) groups excluding carboxylic acids is 1. The smallest absolute Gasteiger partial charge is 0.326 e. The molecular weight excluding hydrogens is 386 g/mol. The summed E-state index contributed by atoms with van der Waals surface area (Å²) in [6, 6.07) is 0.839. The minimum atomic E-state index is -0.998. The third-order valence-electron chi connectivity index (χ3n) is 2.35. The molecule has 0 aromatic carbocycles. The number of nitrogens with one attached hydrogen (secondary N) is 1. The first-order valence-corrected chi connectivity index (χ1v) is 7.84. The molecule has 4 nitrogen and oxygen atoms in total. The van der Waals surface area contributed by atoms with Gasteiger partial charge in [0.15, 0.2) is 0 Å². The minimum Gasteiger partial charge on any atom is -0.480 e. The molecule has 1 aromatic rings. The van der Waals surface area contributed by atoms with Crippen molar-refractivity contribution in [3.8, 4) is 0 Å². The number of aliphatic carboxylic acids is 1. The Kier molecular flexibility index (Phi) is 6.31. The highest BCUT2D eigenvalue weighted by molar-refractivity contribution is 9.12. The van der Waals surface area contributed by atoms with E-state index < -0.39 is 12.0 Å². The first-order chi connectivity index (χ1) is 8.45. The Hall–Kier alpha value is -0.400. The molecule has 1 atom stereocenters. The Morgan fingerprint density at radius 1 is 1.50 bits per heavy atom. The van der Waals surface area contributed by atoms with Gasteiger partial charge in [0, 0.05) is 0 Å². The van der Waals surface area contributed by atoms with Crippen molar-refractivity contribution in [3.63, 3.8) is 0 Å². The van der Waals surface area contributed by atoms with Crippen LogP contribution in [0.15, 0.2) is 13.6 Å². The zero-order valence-corrected chi connectivity index (χ0v) is 13.7. The van der Waals surface area contributed by atoms with Crippen molar-refractivity contribution < 1.29 is 14.7 Å². The topological polar surface area (TPSA) is 66.4 Å². The van der Waals surface area contributed by atoms with Crippen LogP contribution in [0.4, 0.5) is 0 Å². The lowest BCUT2D eigenvalue weighted by Crippen LogP contribution is -2.40. The molecule has 18 heavy (non-hydrogen) atoms. The summed E-state index contributed by atoms with van der Waals surface area (Å²) >= 11 is 7.93. The van der Waals surface area contributed by atoms with Crippen LogP contribution in [0.1, 0.15) is 36.5 Å². The number of carbonyl (C=O) groups is 2. The number of carboxylic acids is 1. The molecule has 0 bridgehead atoms. The lowest BCUT2D eigenvalue weighted by Gasteiger charge is -2.13. The van der Waals surface area contributed by atoms with E-state index in [2.05, 4.69) is 37.2 Å². The molecule has 7 heteroatoms. The molecule has 0 spiro atoms. The van der Waals surface area contributed by atoms with Crippen molar-refractivity contribution in [2.45, 2.75) is 32.2 Å². The Bertz CT molecular complexity index is 447. The molecule has 1 rings (SSSR count). The largest absolute Gasteiger partial charge is 0.480 e. The van der Waals surface area contributed by atoms with E-state index in [1.807, 2.05) is 6.92 Å². The van der Waals surface area contributed by atoms with Crippen LogP contribution in [0.2, 0.25) is 0 Å². The summed E-state index contributed by atoms with van der Waals surface area (Å²) in [5.74, 6) is -1.37. The van der Waals surface area contributed by atoms with Crippen molar-refractivity contribution >= 4 is 55.1 Å². The van der Waals surface area contributed by atoms with Crippen LogP contribution >= 0.6 is 43.2 Å². The second kappa shape index (κ2) is 7.25. The molecule has 100 valence electrons. The molecule has 0 aliphatic rings. The van der Waals surface area contributed by atoms with Crippen molar-refractivity contribution in [1.82, 2.24) is 5.32 Å². The van der Waals surface area contributed by atoms with Gasteiger partial charge in [0.2, 0.25) is 0 Å². The molecule has 0 saturated carbocycles. The number of unbranched alkanes of at least 4 members (excludes halogenated alkanes) is 1. The monoisotopic (exact) mass is 397 g/mol. The zero-order chi connectivity index (χ0) is 13.7. The number of carboxylic acid groups (broad SMARTS) is 1. The molecule has 0 aliphatic heterocycles. The quantitative estimate of drug-likeness (QED) is 0.768. The number of thiophene rings is 1. The molecule has 1 aromatic heterocycles. The van der Waals surface area contributed by atoms with Crippen LogP contribution < -0.4 is 5.32 Å².